The van der Waals surface area contributed by atoms with Crippen LogP contribution in [0.2, 0.25) is 0 Å². The molecular weight excluding hydrogens is 387 g/mol. The van der Waals surface area contributed by atoms with Gasteiger partial charge < -0.3 is 24.3 Å². The maximum Gasteiger partial charge on any atom is 1.00 e. The van der Waals surface area contributed by atoms with E-state index in [0.717, 1.165) is 12.0 Å². The number of rotatable bonds is 6. The number of esters is 1. The van der Waals surface area contributed by atoms with E-state index in [1.165, 1.54) is 7.05 Å². The van der Waals surface area contributed by atoms with Gasteiger partial charge in [0.2, 0.25) is 10.4 Å². The predicted molar refractivity (Wildman–Crippen MR) is 76.4 cm³/mol. The van der Waals surface area contributed by atoms with Crippen molar-refractivity contribution < 1.29 is 70.8 Å². The van der Waals surface area contributed by atoms with Crippen LogP contribution in [0.3, 0.4) is 0 Å². The van der Waals surface area contributed by atoms with Crippen LogP contribution in [-0.4, -0.2) is 85.9 Å². The van der Waals surface area contributed by atoms with Crippen LogP contribution in [0.25, 0.3) is 0 Å². The van der Waals surface area contributed by atoms with Gasteiger partial charge in [0.15, 0.2) is 6.61 Å². The minimum absolute atomic E-state index is 0. The molecule has 0 spiro atoms. The van der Waals surface area contributed by atoms with Gasteiger partial charge in [-0.15, -0.1) is 0 Å². The molecular formula is C11H15N4NaO9S. The zero-order chi connectivity index (χ0) is 18.8. The van der Waals surface area contributed by atoms with Crippen molar-refractivity contribution in [2.75, 3.05) is 27.3 Å². The summed E-state index contributed by atoms with van der Waals surface area (Å²) in [5, 5.41) is 6.29. The predicted octanol–water partition coefficient (Wildman–Crippen LogP) is -5.45. The number of carbonyl (C=O) groups is 3. The maximum atomic E-state index is 12.2. The normalized spacial score (nSPS) is 23.5. The summed E-state index contributed by atoms with van der Waals surface area (Å²) in [5.41, 5.74) is 0.0463. The van der Waals surface area contributed by atoms with Gasteiger partial charge in [0.1, 0.15) is 12.1 Å². The minimum Gasteiger partial charge on any atom is -0.724 e. The number of carbonyl (C=O) groups excluding carboxylic acids is 3. The van der Waals surface area contributed by atoms with Crippen LogP contribution in [0.1, 0.15) is 6.42 Å². The van der Waals surface area contributed by atoms with Gasteiger partial charge in [0.05, 0.1) is 19.4 Å². The Bertz CT molecular complexity index is 712. The van der Waals surface area contributed by atoms with Crippen molar-refractivity contribution in [3.63, 3.8) is 0 Å². The molecule has 3 amide bonds. The second kappa shape index (κ2) is 8.96. The quantitative estimate of drug-likeness (QED) is 0.150. The average molecular weight is 402 g/mol. The molecule has 2 bridgehead atoms. The molecule has 1 N–H and O–H groups in total. The number of oxime groups is 1. The number of fused-ring (bicyclic) bond motifs is 2. The molecule has 2 aliphatic heterocycles. The molecule has 2 fully saturated rings. The second-order valence-electron chi connectivity index (χ2n) is 5.03. The van der Waals surface area contributed by atoms with E-state index in [9.17, 15) is 27.4 Å². The van der Waals surface area contributed by atoms with Crippen molar-refractivity contribution in [2.24, 2.45) is 5.16 Å². The maximum absolute atomic E-state index is 12.2. The Morgan fingerprint density at radius 2 is 2.08 bits per heavy atom. The molecule has 0 radical (unpaired) electrons. The van der Waals surface area contributed by atoms with E-state index in [1.807, 2.05) is 0 Å². The molecule has 2 rings (SSSR count). The largest absolute Gasteiger partial charge is 1.00 e. The number of hydrogen-bond acceptors (Lipinski definition) is 10. The van der Waals surface area contributed by atoms with E-state index in [2.05, 4.69) is 19.5 Å². The summed E-state index contributed by atoms with van der Waals surface area (Å²) in [5.74, 6) is -1.25. The number of urea groups is 1. The van der Waals surface area contributed by atoms with Crippen molar-refractivity contribution in [3.05, 3.63) is 0 Å². The van der Waals surface area contributed by atoms with Crippen molar-refractivity contribution in [1.29, 1.82) is 0 Å². The number of amides is 3. The van der Waals surface area contributed by atoms with E-state index in [0.29, 0.717) is 5.06 Å². The number of nitrogens with one attached hydrogen (secondary N) is 1. The molecule has 2 saturated heterocycles. The number of hydroxylamine groups is 2. The van der Waals surface area contributed by atoms with Crippen LogP contribution in [0.15, 0.2) is 5.16 Å². The SMILES string of the molecule is CNC(=O)CO/N=C1\C[C@@H](C(=O)OC)N2C[C@@H]1N(OS(=O)(=O)[O-])C2=O.[Na+]. The zero-order valence-corrected chi connectivity index (χ0v) is 17.0. The van der Waals surface area contributed by atoms with Crippen LogP contribution in [-0.2, 0) is 33.8 Å². The summed E-state index contributed by atoms with van der Waals surface area (Å²) in [4.78, 5) is 41.0. The van der Waals surface area contributed by atoms with Crippen molar-refractivity contribution in [1.82, 2.24) is 15.3 Å². The van der Waals surface area contributed by atoms with Crippen LogP contribution < -0.4 is 34.9 Å². The van der Waals surface area contributed by atoms with Gasteiger partial charge in [-0.25, -0.2) is 18.0 Å². The zero-order valence-electron chi connectivity index (χ0n) is 14.2. The van der Waals surface area contributed by atoms with Crippen LogP contribution >= 0.6 is 0 Å². The summed E-state index contributed by atoms with van der Waals surface area (Å²) in [6.45, 7) is -0.607. The Morgan fingerprint density at radius 1 is 1.42 bits per heavy atom. The number of methoxy groups -OCH3 is 1. The summed E-state index contributed by atoms with van der Waals surface area (Å²) in [6.07, 6.45) is -0.143. The van der Waals surface area contributed by atoms with E-state index >= 15 is 0 Å². The molecule has 0 aromatic heterocycles. The second-order valence-corrected chi connectivity index (χ2v) is 6.00. The van der Waals surface area contributed by atoms with Gasteiger partial charge in [0.25, 0.3) is 5.91 Å². The monoisotopic (exact) mass is 402 g/mol. The fraction of sp³-hybridized carbons (Fsp3) is 0.636. The first kappa shape index (κ1) is 22.6. The summed E-state index contributed by atoms with van der Waals surface area (Å²) < 4.78 is 41.3. The van der Waals surface area contributed by atoms with E-state index < -0.39 is 47.0 Å². The third-order valence-corrected chi connectivity index (χ3v) is 3.89. The molecule has 140 valence electrons. The summed E-state index contributed by atoms with van der Waals surface area (Å²) >= 11 is 0. The molecule has 0 saturated carbocycles. The molecule has 0 aliphatic carbocycles. The Balaban J connectivity index is 0.00000338. The topological polar surface area (TPSA) is 167 Å². The Labute approximate surface area is 170 Å². The summed E-state index contributed by atoms with van der Waals surface area (Å²) in [6, 6.07) is -3.17. The first-order chi connectivity index (χ1) is 11.7. The molecule has 2 heterocycles. The standard InChI is InChI=1S/C11H16N4O9S.Na/c1-12-9(16)5-23-13-6-3-7(10(17)22-2)14-4-8(6)15(11(14)18)24-25(19,20)21;/h7-8H,3-5H2,1-2H3,(H,12,16)(H,19,20,21);/q;+1/p-1/b13-6+;/t7-,8-;/m0./s1. The fourth-order valence-electron chi connectivity index (χ4n) is 2.42. The smallest absolute Gasteiger partial charge is 0.724 e. The van der Waals surface area contributed by atoms with Gasteiger partial charge in [-0.3, -0.25) is 4.79 Å². The third kappa shape index (κ3) is 5.05. The molecule has 0 aromatic rings. The minimum atomic E-state index is -5.23. The molecule has 0 unspecified atom stereocenters. The molecule has 2 aliphatic rings. The number of ether oxygens (including phenoxy) is 1. The van der Waals surface area contributed by atoms with Crippen LogP contribution in [0.4, 0.5) is 4.79 Å². The van der Waals surface area contributed by atoms with Crippen LogP contribution in [0.5, 0.6) is 0 Å². The summed E-state index contributed by atoms with van der Waals surface area (Å²) in [7, 11) is -2.73. The number of likely N-dealkylation sites (N-methyl/N-ethyl adjacent to an activating group) is 1. The average Bonchev–Trinajstić information content (AvgIpc) is 2.81. The molecule has 2 atom stereocenters. The number of piperidine rings is 1. The van der Waals surface area contributed by atoms with E-state index in [-0.39, 0.29) is 48.2 Å². The van der Waals surface area contributed by atoms with Gasteiger partial charge in [-0.2, -0.15) is 9.35 Å². The molecule has 26 heavy (non-hydrogen) atoms. The van der Waals surface area contributed by atoms with Crippen LogP contribution in [0, 0.1) is 0 Å². The third-order valence-electron chi connectivity index (χ3n) is 3.55. The first-order valence-electron chi connectivity index (χ1n) is 6.90. The molecule has 13 nitrogen and oxygen atoms in total. The fourth-order valence-corrected chi connectivity index (χ4v) is 2.78. The van der Waals surface area contributed by atoms with Crippen molar-refractivity contribution in [3.8, 4) is 0 Å². The van der Waals surface area contributed by atoms with E-state index in [4.69, 9.17) is 4.84 Å². The number of hydrogen-bond donors (Lipinski definition) is 1. The number of nitrogens with zero attached hydrogens (tertiary/aromatic N) is 3. The van der Waals surface area contributed by atoms with Crippen molar-refractivity contribution in [2.45, 2.75) is 18.5 Å². The Kier molecular flexibility index (Phi) is 7.79. The van der Waals surface area contributed by atoms with Gasteiger partial charge in [-0.1, -0.05) is 5.16 Å². The van der Waals surface area contributed by atoms with Gasteiger partial charge >= 0.3 is 41.6 Å². The molecule has 15 heteroatoms. The first-order valence-corrected chi connectivity index (χ1v) is 8.23. The Morgan fingerprint density at radius 3 is 2.62 bits per heavy atom. The Hall–Kier alpha value is -1.45. The van der Waals surface area contributed by atoms with E-state index in [1.54, 1.807) is 0 Å². The molecule has 0 aromatic carbocycles. The van der Waals surface area contributed by atoms with Crippen molar-refractivity contribution >= 4 is 34.0 Å². The van der Waals surface area contributed by atoms with Gasteiger partial charge in [0, 0.05) is 13.5 Å². The van der Waals surface area contributed by atoms with Gasteiger partial charge in [-0.05, 0) is 0 Å².